The van der Waals surface area contributed by atoms with E-state index in [4.69, 9.17) is 9.26 Å². The first-order valence-electron chi connectivity index (χ1n) is 7.40. The van der Waals surface area contributed by atoms with E-state index in [1.165, 1.54) is 0 Å². The highest BCUT2D eigenvalue weighted by Crippen LogP contribution is 2.23. The van der Waals surface area contributed by atoms with Gasteiger partial charge in [0.05, 0.1) is 24.9 Å². The molecule has 0 aliphatic heterocycles. The number of carbonyl (C=O) groups excluding carboxylic acids is 1. The molecule has 128 valence electrons. The first kappa shape index (κ1) is 16.6. The summed E-state index contributed by atoms with van der Waals surface area (Å²) in [5.74, 6) is -0.685. The molecule has 0 radical (unpaired) electrons. The van der Waals surface area contributed by atoms with Gasteiger partial charge >= 0.3 is 0 Å². The van der Waals surface area contributed by atoms with Crippen LogP contribution in [0.5, 0.6) is 5.75 Å². The Labute approximate surface area is 142 Å². The van der Waals surface area contributed by atoms with Crippen molar-refractivity contribution in [3.05, 3.63) is 65.9 Å². The van der Waals surface area contributed by atoms with Crippen molar-refractivity contribution in [1.82, 2.24) is 5.16 Å². The Morgan fingerprint density at radius 3 is 2.64 bits per heavy atom. The summed E-state index contributed by atoms with van der Waals surface area (Å²) < 4.78 is 36.9. The minimum atomic E-state index is -0.714. The van der Waals surface area contributed by atoms with E-state index in [1.807, 2.05) is 0 Å². The molecule has 0 aliphatic carbocycles. The standard InChI is InChI=1S/C18H14F2N2O3/c1-24-14-5-2-11(3-6-14)17-9-13(22-25-17)10-18(23)21-16-8-12(19)4-7-15(16)20/h2-9H,10H2,1H3,(H,21,23). The number of methoxy groups -OCH3 is 1. The minimum absolute atomic E-state index is 0.129. The zero-order valence-corrected chi connectivity index (χ0v) is 13.3. The van der Waals surface area contributed by atoms with E-state index in [0.29, 0.717) is 17.2 Å². The monoisotopic (exact) mass is 344 g/mol. The number of anilines is 1. The van der Waals surface area contributed by atoms with Crippen LogP contribution >= 0.6 is 0 Å². The highest BCUT2D eigenvalue weighted by Gasteiger charge is 2.13. The molecule has 1 N–H and O–H groups in total. The number of ether oxygens (including phenoxy) is 1. The van der Waals surface area contributed by atoms with Crippen LogP contribution in [-0.4, -0.2) is 18.2 Å². The lowest BCUT2D eigenvalue weighted by Crippen LogP contribution is -2.15. The predicted molar refractivity (Wildman–Crippen MR) is 87.2 cm³/mol. The summed E-state index contributed by atoms with van der Waals surface area (Å²) >= 11 is 0. The summed E-state index contributed by atoms with van der Waals surface area (Å²) in [5, 5.41) is 6.13. The predicted octanol–water partition coefficient (Wildman–Crippen LogP) is 3.81. The highest BCUT2D eigenvalue weighted by molar-refractivity contribution is 5.92. The number of rotatable bonds is 5. The van der Waals surface area contributed by atoms with Crippen molar-refractivity contribution < 1.29 is 22.8 Å². The maximum Gasteiger partial charge on any atom is 0.230 e. The molecule has 25 heavy (non-hydrogen) atoms. The van der Waals surface area contributed by atoms with Crippen molar-refractivity contribution in [3.63, 3.8) is 0 Å². The van der Waals surface area contributed by atoms with Gasteiger partial charge in [0, 0.05) is 17.7 Å². The Morgan fingerprint density at radius 2 is 1.92 bits per heavy atom. The third-order valence-electron chi connectivity index (χ3n) is 3.48. The molecule has 1 amide bonds. The number of hydrogen-bond donors (Lipinski definition) is 1. The van der Waals surface area contributed by atoms with Crippen LogP contribution in [-0.2, 0) is 11.2 Å². The summed E-state index contributed by atoms with van der Waals surface area (Å²) in [4.78, 5) is 12.0. The highest BCUT2D eigenvalue weighted by atomic mass is 19.1. The number of aromatic nitrogens is 1. The number of nitrogens with zero attached hydrogens (tertiary/aromatic N) is 1. The summed E-state index contributed by atoms with van der Waals surface area (Å²) in [6.45, 7) is 0. The normalized spacial score (nSPS) is 10.5. The molecular formula is C18H14F2N2O3. The first-order chi connectivity index (χ1) is 12.0. The molecule has 5 nitrogen and oxygen atoms in total. The van der Waals surface area contributed by atoms with Gasteiger partial charge in [-0.25, -0.2) is 8.78 Å². The van der Waals surface area contributed by atoms with Crippen molar-refractivity contribution in [3.8, 4) is 17.1 Å². The van der Waals surface area contributed by atoms with E-state index in [9.17, 15) is 13.6 Å². The molecular weight excluding hydrogens is 330 g/mol. The van der Waals surface area contributed by atoms with E-state index >= 15 is 0 Å². The van der Waals surface area contributed by atoms with Crippen molar-refractivity contribution in [1.29, 1.82) is 0 Å². The molecule has 0 unspecified atom stereocenters. The second-order valence-corrected chi connectivity index (χ2v) is 5.26. The summed E-state index contributed by atoms with van der Waals surface area (Å²) in [6.07, 6.45) is -0.129. The number of benzene rings is 2. The van der Waals surface area contributed by atoms with Crippen LogP contribution < -0.4 is 10.1 Å². The van der Waals surface area contributed by atoms with Crippen molar-refractivity contribution in [2.24, 2.45) is 0 Å². The number of hydrogen-bond acceptors (Lipinski definition) is 4. The van der Waals surface area contributed by atoms with Gasteiger partial charge in [-0.15, -0.1) is 0 Å². The molecule has 7 heteroatoms. The van der Waals surface area contributed by atoms with Crippen LogP contribution in [0.3, 0.4) is 0 Å². The zero-order valence-electron chi connectivity index (χ0n) is 13.3. The fourth-order valence-electron chi connectivity index (χ4n) is 2.24. The van der Waals surface area contributed by atoms with Crippen LogP contribution in [0.25, 0.3) is 11.3 Å². The largest absolute Gasteiger partial charge is 0.497 e. The fourth-order valence-corrected chi connectivity index (χ4v) is 2.24. The minimum Gasteiger partial charge on any atom is -0.497 e. The number of halogens is 2. The molecule has 1 aromatic heterocycles. The molecule has 2 aromatic carbocycles. The summed E-state index contributed by atoms with van der Waals surface area (Å²) in [5.41, 5.74) is 0.931. The molecule has 3 aromatic rings. The smallest absolute Gasteiger partial charge is 0.230 e. The van der Waals surface area contributed by atoms with Crippen LogP contribution in [0.4, 0.5) is 14.5 Å². The maximum atomic E-state index is 13.5. The number of nitrogens with one attached hydrogen (secondary N) is 1. The molecule has 0 atom stereocenters. The van der Waals surface area contributed by atoms with E-state index < -0.39 is 17.5 Å². The SMILES string of the molecule is COc1ccc(-c2cc(CC(=O)Nc3cc(F)ccc3F)no2)cc1. The van der Waals surface area contributed by atoms with Gasteiger partial charge in [-0.2, -0.15) is 0 Å². The maximum absolute atomic E-state index is 13.5. The van der Waals surface area contributed by atoms with Crippen LogP contribution in [0.2, 0.25) is 0 Å². The van der Waals surface area contributed by atoms with E-state index in [2.05, 4.69) is 10.5 Å². The van der Waals surface area contributed by atoms with Gasteiger partial charge in [-0.3, -0.25) is 4.79 Å². The molecule has 0 spiro atoms. The van der Waals surface area contributed by atoms with Crippen LogP contribution in [0.15, 0.2) is 53.1 Å². The Morgan fingerprint density at radius 1 is 1.16 bits per heavy atom. The molecule has 1 heterocycles. The Bertz CT molecular complexity index is 892. The van der Waals surface area contributed by atoms with Gasteiger partial charge in [-0.1, -0.05) is 5.16 Å². The van der Waals surface area contributed by atoms with Gasteiger partial charge < -0.3 is 14.6 Å². The quantitative estimate of drug-likeness (QED) is 0.764. The van der Waals surface area contributed by atoms with Crippen molar-refractivity contribution in [2.45, 2.75) is 6.42 Å². The number of carbonyl (C=O) groups is 1. The Balaban J connectivity index is 1.68. The fraction of sp³-hybridized carbons (Fsp3) is 0.111. The second kappa shape index (κ2) is 7.12. The molecule has 0 saturated heterocycles. The first-order valence-corrected chi connectivity index (χ1v) is 7.40. The molecule has 3 rings (SSSR count). The third-order valence-corrected chi connectivity index (χ3v) is 3.48. The van der Waals surface area contributed by atoms with Crippen molar-refractivity contribution in [2.75, 3.05) is 12.4 Å². The third kappa shape index (κ3) is 4.00. The molecule has 0 bridgehead atoms. The van der Waals surface area contributed by atoms with E-state index in [1.54, 1.807) is 37.4 Å². The lowest BCUT2D eigenvalue weighted by atomic mass is 10.1. The van der Waals surface area contributed by atoms with E-state index in [-0.39, 0.29) is 12.1 Å². The van der Waals surface area contributed by atoms with E-state index in [0.717, 1.165) is 23.8 Å². The summed E-state index contributed by atoms with van der Waals surface area (Å²) in [7, 11) is 1.57. The van der Waals surface area contributed by atoms with Crippen molar-refractivity contribution >= 4 is 11.6 Å². The summed E-state index contributed by atoms with van der Waals surface area (Å²) in [6, 6.07) is 11.6. The lowest BCUT2D eigenvalue weighted by Gasteiger charge is -2.05. The van der Waals surface area contributed by atoms with Gasteiger partial charge in [0.25, 0.3) is 0 Å². The van der Waals surface area contributed by atoms with Gasteiger partial charge in [-0.05, 0) is 36.4 Å². The zero-order chi connectivity index (χ0) is 17.8. The second-order valence-electron chi connectivity index (χ2n) is 5.26. The average molecular weight is 344 g/mol. The number of amides is 1. The Hall–Kier alpha value is -3.22. The Kier molecular flexibility index (Phi) is 4.74. The van der Waals surface area contributed by atoms with Gasteiger partial charge in [0.2, 0.25) is 5.91 Å². The average Bonchev–Trinajstić information content (AvgIpc) is 3.06. The lowest BCUT2D eigenvalue weighted by molar-refractivity contribution is -0.115. The molecule has 0 saturated carbocycles. The van der Waals surface area contributed by atoms with Crippen LogP contribution in [0, 0.1) is 11.6 Å². The molecule has 0 aliphatic rings. The molecule has 0 fully saturated rings. The van der Waals surface area contributed by atoms with Crippen LogP contribution in [0.1, 0.15) is 5.69 Å². The topological polar surface area (TPSA) is 64.4 Å². The van der Waals surface area contributed by atoms with Gasteiger partial charge in [0.15, 0.2) is 5.76 Å². The van der Waals surface area contributed by atoms with Gasteiger partial charge in [0.1, 0.15) is 17.4 Å².